The molecule has 0 amide bonds. The van der Waals surface area contributed by atoms with E-state index in [4.69, 9.17) is 0 Å². The summed E-state index contributed by atoms with van der Waals surface area (Å²) in [6.07, 6.45) is 0. The highest BCUT2D eigenvalue weighted by Gasteiger charge is 2.19. The summed E-state index contributed by atoms with van der Waals surface area (Å²) < 4.78 is 0. The van der Waals surface area contributed by atoms with Gasteiger partial charge in [0, 0.05) is 0 Å². The SMILES string of the molecule is CC(C)(O)c1ccc(CO)c2ccccc12. The summed E-state index contributed by atoms with van der Waals surface area (Å²) in [6.45, 7) is 3.56. The summed E-state index contributed by atoms with van der Waals surface area (Å²) in [5.74, 6) is 0. The molecule has 0 aliphatic rings. The number of aliphatic hydroxyl groups excluding tert-OH is 1. The lowest BCUT2D eigenvalue weighted by molar-refractivity contribution is 0.0801. The molecule has 0 aromatic heterocycles. The normalized spacial score (nSPS) is 12.0. The van der Waals surface area contributed by atoms with Gasteiger partial charge in [-0.25, -0.2) is 0 Å². The first-order valence-corrected chi connectivity index (χ1v) is 5.38. The number of benzene rings is 2. The molecule has 2 N–H and O–H groups in total. The Morgan fingerprint density at radius 1 is 1.00 bits per heavy atom. The van der Waals surface area contributed by atoms with Crippen molar-refractivity contribution in [2.45, 2.75) is 26.1 Å². The molecule has 2 nitrogen and oxygen atoms in total. The molecule has 0 bridgehead atoms. The van der Waals surface area contributed by atoms with E-state index in [1.54, 1.807) is 13.8 Å². The number of aliphatic hydroxyl groups is 2. The molecule has 0 saturated carbocycles. The van der Waals surface area contributed by atoms with Crippen molar-refractivity contribution in [1.82, 2.24) is 0 Å². The molecule has 0 spiro atoms. The van der Waals surface area contributed by atoms with Crippen LogP contribution in [0, 0.1) is 0 Å². The molecule has 84 valence electrons. The second-order valence-electron chi connectivity index (χ2n) is 4.53. The van der Waals surface area contributed by atoms with Crippen molar-refractivity contribution < 1.29 is 10.2 Å². The maximum absolute atomic E-state index is 10.1. The molecule has 2 rings (SSSR count). The van der Waals surface area contributed by atoms with Gasteiger partial charge in [-0.15, -0.1) is 0 Å². The van der Waals surface area contributed by atoms with Gasteiger partial charge < -0.3 is 10.2 Å². The lowest BCUT2D eigenvalue weighted by atomic mass is 9.90. The van der Waals surface area contributed by atoms with E-state index in [0.29, 0.717) is 0 Å². The lowest BCUT2D eigenvalue weighted by Crippen LogP contribution is -2.16. The average molecular weight is 216 g/mol. The number of rotatable bonds is 2. The second kappa shape index (κ2) is 3.89. The fourth-order valence-electron chi connectivity index (χ4n) is 2.03. The Hall–Kier alpha value is -1.38. The molecular formula is C14H16O2. The van der Waals surface area contributed by atoms with Crippen LogP contribution in [0.3, 0.4) is 0 Å². The van der Waals surface area contributed by atoms with Crippen LogP contribution in [-0.2, 0) is 12.2 Å². The summed E-state index contributed by atoms with van der Waals surface area (Å²) in [6, 6.07) is 11.6. The van der Waals surface area contributed by atoms with Crippen LogP contribution in [0.1, 0.15) is 25.0 Å². The third kappa shape index (κ3) is 1.82. The first-order valence-electron chi connectivity index (χ1n) is 5.38. The molecule has 0 atom stereocenters. The Kier molecular flexibility index (Phi) is 2.70. The molecule has 2 heteroatoms. The molecule has 2 aromatic rings. The van der Waals surface area contributed by atoms with E-state index in [-0.39, 0.29) is 6.61 Å². The monoisotopic (exact) mass is 216 g/mol. The Bertz CT molecular complexity index is 510. The molecule has 0 fully saturated rings. The van der Waals surface area contributed by atoms with Crippen LogP contribution in [0.2, 0.25) is 0 Å². The van der Waals surface area contributed by atoms with Crippen molar-refractivity contribution >= 4 is 10.8 Å². The van der Waals surface area contributed by atoms with Gasteiger partial charge in [-0.1, -0.05) is 36.4 Å². The van der Waals surface area contributed by atoms with Crippen LogP contribution in [0.15, 0.2) is 36.4 Å². The van der Waals surface area contributed by atoms with Gasteiger partial charge in [-0.05, 0) is 35.7 Å². The van der Waals surface area contributed by atoms with Gasteiger partial charge in [-0.3, -0.25) is 0 Å². The van der Waals surface area contributed by atoms with Gasteiger partial charge in [-0.2, -0.15) is 0 Å². The third-order valence-corrected chi connectivity index (χ3v) is 2.84. The minimum atomic E-state index is -0.867. The molecule has 0 radical (unpaired) electrons. The first kappa shape index (κ1) is 11.1. The van der Waals surface area contributed by atoms with Gasteiger partial charge in [0.05, 0.1) is 12.2 Å². The van der Waals surface area contributed by atoms with E-state index in [1.165, 1.54) is 0 Å². The molecule has 0 aliphatic heterocycles. The number of fused-ring (bicyclic) bond motifs is 1. The summed E-state index contributed by atoms with van der Waals surface area (Å²) in [4.78, 5) is 0. The van der Waals surface area contributed by atoms with Crippen molar-refractivity contribution in [2.75, 3.05) is 0 Å². The largest absolute Gasteiger partial charge is 0.392 e. The first-order chi connectivity index (χ1) is 7.54. The van der Waals surface area contributed by atoms with E-state index < -0.39 is 5.60 Å². The molecule has 0 saturated heterocycles. The van der Waals surface area contributed by atoms with Crippen LogP contribution in [0.4, 0.5) is 0 Å². The van der Waals surface area contributed by atoms with Gasteiger partial charge in [0.2, 0.25) is 0 Å². The zero-order valence-electron chi connectivity index (χ0n) is 9.57. The molecule has 0 aliphatic carbocycles. The van der Waals surface area contributed by atoms with Crippen molar-refractivity contribution in [3.63, 3.8) is 0 Å². The molecular weight excluding hydrogens is 200 g/mol. The van der Waals surface area contributed by atoms with Crippen LogP contribution in [0.25, 0.3) is 10.8 Å². The van der Waals surface area contributed by atoms with Gasteiger partial charge in [0.1, 0.15) is 0 Å². The predicted octanol–water partition coefficient (Wildman–Crippen LogP) is 2.56. The van der Waals surface area contributed by atoms with Gasteiger partial charge in [0.25, 0.3) is 0 Å². The highest BCUT2D eigenvalue weighted by molar-refractivity contribution is 5.89. The summed E-state index contributed by atoms with van der Waals surface area (Å²) in [7, 11) is 0. The Balaban J connectivity index is 2.80. The third-order valence-electron chi connectivity index (χ3n) is 2.84. The van der Waals surface area contributed by atoms with Gasteiger partial charge >= 0.3 is 0 Å². The zero-order valence-corrected chi connectivity index (χ0v) is 9.57. The predicted molar refractivity (Wildman–Crippen MR) is 65.1 cm³/mol. The highest BCUT2D eigenvalue weighted by atomic mass is 16.3. The van der Waals surface area contributed by atoms with E-state index in [9.17, 15) is 10.2 Å². The quantitative estimate of drug-likeness (QED) is 0.810. The summed E-state index contributed by atoms with van der Waals surface area (Å²) in [5, 5.41) is 21.4. The van der Waals surface area contributed by atoms with E-state index in [0.717, 1.165) is 21.9 Å². The van der Waals surface area contributed by atoms with Crippen molar-refractivity contribution in [3.05, 3.63) is 47.5 Å². The van der Waals surface area contributed by atoms with Crippen LogP contribution in [-0.4, -0.2) is 10.2 Å². The van der Waals surface area contributed by atoms with Crippen LogP contribution in [0.5, 0.6) is 0 Å². The van der Waals surface area contributed by atoms with E-state index in [2.05, 4.69) is 0 Å². The fraction of sp³-hybridized carbons (Fsp3) is 0.286. The standard InChI is InChI=1S/C14H16O2/c1-14(2,16)13-8-7-10(9-15)11-5-3-4-6-12(11)13/h3-8,15-16H,9H2,1-2H3. The average Bonchev–Trinajstić information content (AvgIpc) is 2.26. The Morgan fingerprint density at radius 3 is 2.19 bits per heavy atom. The maximum Gasteiger partial charge on any atom is 0.0846 e. The zero-order chi connectivity index (χ0) is 11.8. The summed E-state index contributed by atoms with van der Waals surface area (Å²) in [5.41, 5.74) is 0.914. The van der Waals surface area contributed by atoms with E-state index in [1.807, 2.05) is 36.4 Å². The Morgan fingerprint density at radius 2 is 1.62 bits per heavy atom. The highest BCUT2D eigenvalue weighted by Crippen LogP contribution is 2.30. The van der Waals surface area contributed by atoms with Crippen molar-refractivity contribution in [2.24, 2.45) is 0 Å². The minimum Gasteiger partial charge on any atom is -0.392 e. The van der Waals surface area contributed by atoms with Crippen LogP contribution < -0.4 is 0 Å². The van der Waals surface area contributed by atoms with Crippen molar-refractivity contribution in [1.29, 1.82) is 0 Å². The topological polar surface area (TPSA) is 40.5 Å². The molecule has 0 heterocycles. The molecule has 0 unspecified atom stereocenters. The lowest BCUT2D eigenvalue weighted by Gasteiger charge is -2.21. The van der Waals surface area contributed by atoms with Crippen molar-refractivity contribution in [3.8, 4) is 0 Å². The molecule has 2 aromatic carbocycles. The Labute approximate surface area is 95.2 Å². The smallest absolute Gasteiger partial charge is 0.0846 e. The maximum atomic E-state index is 10.1. The fourth-order valence-corrected chi connectivity index (χ4v) is 2.03. The number of hydrogen-bond donors (Lipinski definition) is 2. The second-order valence-corrected chi connectivity index (χ2v) is 4.53. The minimum absolute atomic E-state index is 0.0205. The summed E-state index contributed by atoms with van der Waals surface area (Å²) >= 11 is 0. The van der Waals surface area contributed by atoms with E-state index >= 15 is 0 Å². The van der Waals surface area contributed by atoms with Crippen LogP contribution >= 0.6 is 0 Å². The molecule has 16 heavy (non-hydrogen) atoms. The van der Waals surface area contributed by atoms with Gasteiger partial charge in [0.15, 0.2) is 0 Å². The number of hydrogen-bond acceptors (Lipinski definition) is 2.